The molecule has 0 heterocycles. The molecular weight excluding hydrogens is 723 g/mol. The molecule has 0 saturated carbocycles. The van der Waals surface area contributed by atoms with Gasteiger partial charge in [-0.25, -0.2) is 4.57 Å². The fourth-order valence-corrected chi connectivity index (χ4v) is 6.97. The van der Waals surface area contributed by atoms with Crippen LogP contribution in [0.5, 0.6) is 0 Å². The zero-order valence-corrected chi connectivity index (χ0v) is 37.4. The number of unbranched alkanes of at least 4 members (excludes halogenated alkanes) is 26. The van der Waals surface area contributed by atoms with Crippen LogP contribution in [0.2, 0.25) is 0 Å². The molecule has 0 bridgehead atoms. The van der Waals surface area contributed by atoms with Crippen molar-refractivity contribution in [1.29, 1.82) is 0 Å². The molecular formula is C47H87O8P. The van der Waals surface area contributed by atoms with Gasteiger partial charge in [-0.05, 0) is 70.6 Å². The van der Waals surface area contributed by atoms with Crippen molar-refractivity contribution in [2.75, 3.05) is 20.3 Å². The van der Waals surface area contributed by atoms with Gasteiger partial charge in [-0.1, -0.05) is 179 Å². The van der Waals surface area contributed by atoms with Gasteiger partial charge >= 0.3 is 19.8 Å². The Labute approximate surface area is 345 Å². The minimum Gasteiger partial charge on any atom is -0.462 e. The highest BCUT2D eigenvalue weighted by atomic mass is 31.2. The molecule has 1 N–H and O–H groups in total. The fourth-order valence-electron chi connectivity index (χ4n) is 6.51. The molecule has 0 aromatic rings. The van der Waals surface area contributed by atoms with Crippen molar-refractivity contribution in [3.05, 3.63) is 36.5 Å². The third-order valence-corrected chi connectivity index (χ3v) is 11.0. The zero-order chi connectivity index (χ0) is 41.1. The highest BCUT2D eigenvalue weighted by molar-refractivity contribution is 7.47. The third kappa shape index (κ3) is 41.9. The Bertz CT molecular complexity index is 1010. The number of carbonyl (C=O) groups is 2. The molecule has 0 radical (unpaired) electrons. The molecule has 0 amide bonds. The lowest BCUT2D eigenvalue weighted by Gasteiger charge is -2.19. The number of rotatable bonds is 43. The minimum absolute atomic E-state index is 0.230. The first-order chi connectivity index (χ1) is 27.3. The number of allylic oxidation sites excluding steroid dienone is 6. The van der Waals surface area contributed by atoms with Crippen molar-refractivity contribution in [3.63, 3.8) is 0 Å². The van der Waals surface area contributed by atoms with Crippen LogP contribution in [0.1, 0.15) is 226 Å². The maximum absolute atomic E-state index is 12.5. The highest BCUT2D eigenvalue weighted by Crippen LogP contribution is 2.42. The highest BCUT2D eigenvalue weighted by Gasteiger charge is 2.24. The number of esters is 2. The summed E-state index contributed by atoms with van der Waals surface area (Å²) in [5, 5.41) is 0. The normalized spacial score (nSPS) is 13.6. The summed E-state index contributed by atoms with van der Waals surface area (Å²) in [5.41, 5.74) is 0. The predicted molar refractivity (Wildman–Crippen MR) is 235 cm³/mol. The second-order valence-corrected chi connectivity index (χ2v) is 17.1. The number of hydrogen-bond donors (Lipinski definition) is 1. The molecule has 0 aliphatic heterocycles. The molecule has 2 atom stereocenters. The van der Waals surface area contributed by atoms with Gasteiger partial charge in [0.25, 0.3) is 0 Å². The molecule has 0 fully saturated rings. The van der Waals surface area contributed by atoms with E-state index in [-0.39, 0.29) is 25.4 Å². The topological polar surface area (TPSA) is 108 Å². The second kappa shape index (κ2) is 42.9. The third-order valence-electron chi connectivity index (χ3n) is 10.1. The Hall–Kier alpha value is -1.73. The molecule has 8 nitrogen and oxygen atoms in total. The van der Waals surface area contributed by atoms with Crippen LogP contribution in [-0.4, -0.2) is 43.3 Å². The van der Waals surface area contributed by atoms with Crippen LogP contribution < -0.4 is 0 Å². The average molecular weight is 811 g/mol. The Morgan fingerprint density at radius 2 is 0.857 bits per heavy atom. The number of hydrogen-bond acceptors (Lipinski definition) is 7. The molecule has 0 saturated heterocycles. The Kier molecular flexibility index (Phi) is 41.5. The van der Waals surface area contributed by atoms with Crippen molar-refractivity contribution in [2.45, 2.75) is 232 Å². The number of phosphoric acid groups is 1. The summed E-state index contributed by atoms with van der Waals surface area (Å²) < 4.78 is 32.0. The van der Waals surface area contributed by atoms with Gasteiger partial charge in [0.15, 0.2) is 6.10 Å². The van der Waals surface area contributed by atoms with Crippen LogP contribution in [0.25, 0.3) is 0 Å². The molecule has 9 heteroatoms. The van der Waals surface area contributed by atoms with Crippen molar-refractivity contribution < 1.29 is 37.6 Å². The van der Waals surface area contributed by atoms with Crippen LogP contribution in [0.4, 0.5) is 0 Å². The largest absolute Gasteiger partial charge is 0.472 e. The molecule has 0 aliphatic carbocycles. The van der Waals surface area contributed by atoms with E-state index in [2.05, 4.69) is 54.8 Å². The fraction of sp³-hybridized carbons (Fsp3) is 0.830. The molecule has 0 rings (SSSR count). The van der Waals surface area contributed by atoms with Gasteiger partial charge in [0.05, 0.1) is 6.61 Å². The maximum atomic E-state index is 12.5. The van der Waals surface area contributed by atoms with Crippen LogP contribution >= 0.6 is 7.82 Å². The van der Waals surface area contributed by atoms with Crippen molar-refractivity contribution >= 4 is 19.8 Å². The zero-order valence-electron chi connectivity index (χ0n) is 36.5. The van der Waals surface area contributed by atoms with E-state index in [4.69, 9.17) is 14.0 Å². The van der Waals surface area contributed by atoms with Gasteiger partial charge in [-0.2, -0.15) is 0 Å². The second-order valence-electron chi connectivity index (χ2n) is 15.5. The van der Waals surface area contributed by atoms with Crippen molar-refractivity contribution in [2.24, 2.45) is 0 Å². The minimum atomic E-state index is -4.27. The van der Waals surface area contributed by atoms with E-state index in [0.717, 1.165) is 71.3 Å². The van der Waals surface area contributed by atoms with Gasteiger partial charge in [-0.3, -0.25) is 18.6 Å². The summed E-state index contributed by atoms with van der Waals surface area (Å²) in [6.45, 7) is 3.88. The van der Waals surface area contributed by atoms with Gasteiger partial charge in [-0.15, -0.1) is 0 Å². The first-order valence-electron chi connectivity index (χ1n) is 23.2. The number of phosphoric ester groups is 1. The maximum Gasteiger partial charge on any atom is 0.472 e. The van der Waals surface area contributed by atoms with E-state index in [0.29, 0.717) is 6.42 Å². The average Bonchev–Trinajstić information content (AvgIpc) is 3.19. The molecule has 2 unspecified atom stereocenters. The van der Waals surface area contributed by atoms with Gasteiger partial charge in [0, 0.05) is 20.0 Å². The summed E-state index contributed by atoms with van der Waals surface area (Å²) in [6.07, 6.45) is 50.5. The van der Waals surface area contributed by atoms with Crippen LogP contribution in [0.3, 0.4) is 0 Å². The molecule has 328 valence electrons. The summed E-state index contributed by atoms with van der Waals surface area (Å²) in [7, 11) is -3.20. The quantitative estimate of drug-likeness (QED) is 0.0281. The lowest BCUT2D eigenvalue weighted by Crippen LogP contribution is -2.29. The molecule has 0 aromatic heterocycles. The summed E-state index contributed by atoms with van der Waals surface area (Å²) in [4.78, 5) is 34.5. The van der Waals surface area contributed by atoms with Crippen LogP contribution in [0, 0.1) is 0 Å². The number of ether oxygens (including phenoxy) is 2. The van der Waals surface area contributed by atoms with E-state index >= 15 is 0 Å². The summed E-state index contributed by atoms with van der Waals surface area (Å²) in [5.74, 6) is -0.813. The SMILES string of the molecule is CCCCCCC/C=C\C/C=C\CCCCCCCCCCCC(=O)OC(COC(=O)CCCCCCC/C=C\CCCCCCCCC)COP(=O)(O)OC. The van der Waals surface area contributed by atoms with E-state index in [1.807, 2.05) is 0 Å². The van der Waals surface area contributed by atoms with E-state index in [9.17, 15) is 19.0 Å². The Balaban J connectivity index is 3.96. The molecule has 0 spiro atoms. The van der Waals surface area contributed by atoms with Crippen LogP contribution in [-0.2, 0) is 32.7 Å². The lowest BCUT2D eigenvalue weighted by atomic mass is 10.1. The summed E-state index contributed by atoms with van der Waals surface area (Å²) in [6, 6.07) is 0. The lowest BCUT2D eigenvalue weighted by molar-refractivity contribution is -0.161. The van der Waals surface area contributed by atoms with Gasteiger partial charge in [0.1, 0.15) is 6.61 Å². The van der Waals surface area contributed by atoms with E-state index in [1.165, 1.54) is 128 Å². The standard InChI is InChI=1S/C47H87O8P/c1-4-6-8-10-12-14-16-18-20-22-23-24-25-26-28-30-32-34-36-38-40-42-47(49)55-45(44-54-56(50,51)52-3)43-53-46(48)41-39-37-35-33-31-29-27-21-19-17-15-13-11-9-7-5-2/h16,18,21-23,27,45H,4-15,17,19-20,24-26,28-44H2,1-3H3,(H,50,51)/b18-16-,23-22-,27-21-. The van der Waals surface area contributed by atoms with Crippen LogP contribution in [0.15, 0.2) is 36.5 Å². The van der Waals surface area contributed by atoms with E-state index in [1.54, 1.807) is 0 Å². The van der Waals surface area contributed by atoms with Crippen molar-refractivity contribution in [3.8, 4) is 0 Å². The molecule has 0 aliphatic rings. The Morgan fingerprint density at radius 1 is 0.500 bits per heavy atom. The first kappa shape index (κ1) is 54.3. The smallest absolute Gasteiger partial charge is 0.462 e. The summed E-state index contributed by atoms with van der Waals surface area (Å²) >= 11 is 0. The number of carbonyl (C=O) groups excluding carboxylic acids is 2. The Morgan fingerprint density at radius 3 is 1.27 bits per heavy atom. The molecule has 0 aromatic carbocycles. The first-order valence-corrected chi connectivity index (χ1v) is 24.7. The monoisotopic (exact) mass is 811 g/mol. The van der Waals surface area contributed by atoms with Crippen molar-refractivity contribution in [1.82, 2.24) is 0 Å². The molecule has 56 heavy (non-hydrogen) atoms. The van der Waals surface area contributed by atoms with Gasteiger partial charge in [0.2, 0.25) is 0 Å². The van der Waals surface area contributed by atoms with E-state index < -0.39 is 26.5 Å². The van der Waals surface area contributed by atoms with Gasteiger partial charge < -0.3 is 14.4 Å². The predicted octanol–water partition coefficient (Wildman–Crippen LogP) is 14.8.